The van der Waals surface area contributed by atoms with Gasteiger partial charge in [0.05, 0.1) is 25.2 Å². The van der Waals surface area contributed by atoms with Gasteiger partial charge in [0.2, 0.25) is 0 Å². The van der Waals surface area contributed by atoms with Gasteiger partial charge in [-0.15, -0.1) is 0 Å². The zero-order valence-corrected chi connectivity index (χ0v) is 11.5. The summed E-state index contributed by atoms with van der Waals surface area (Å²) in [7, 11) is 0. The van der Waals surface area contributed by atoms with Crippen molar-refractivity contribution in [2.24, 2.45) is 5.41 Å². The molecule has 1 unspecified atom stereocenters. The molecule has 1 fully saturated rings. The van der Waals surface area contributed by atoms with Gasteiger partial charge in [0, 0.05) is 17.1 Å². The van der Waals surface area contributed by atoms with Crippen LogP contribution in [0, 0.1) is 5.41 Å². The van der Waals surface area contributed by atoms with E-state index in [2.05, 4.69) is 40.3 Å². The molecule has 0 radical (unpaired) electrons. The van der Waals surface area contributed by atoms with Gasteiger partial charge in [0.25, 0.3) is 0 Å². The van der Waals surface area contributed by atoms with E-state index >= 15 is 0 Å². The maximum atomic E-state index is 9.34. The molecule has 1 atom stereocenters. The van der Waals surface area contributed by atoms with Crippen LogP contribution >= 0.6 is 15.9 Å². The number of aliphatic hydroxyl groups excluding tert-OH is 1. The summed E-state index contributed by atoms with van der Waals surface area (Å²) in [6, 6.07) is 8.54. The number of halogens is 1. The zero-order chi connectivity index (χ0) is 12.3. The van der Waals surface area contributed by atoms with Crippen LogP contribution in [-0.2, 0) is 4.74 Å². The molecule has 1 heterocycles. The first-order chi connectivity index (χ1) is 8.15. The number of ether oxygens (including phenoxy) is 1. The molecule has 94 valence electrons. The van der Waals surface area contributed by atoms with Crippen LogP contribution in [0.3, 0.4) is 0 Å². The molecule has 2 N–H and O–H groups in total. The summed E-state index contributed by atoms with van der Waals surface area (Å²) in [5, 5.41) is 12.8. The number of rotatable bonds is 5. The second-order valence-corrected chi connectivity index (χ2v) is 5.72. The van der Waals surface area contributed by atoms with E-state index < -0.39 is 0 Å². The van der Waals surface area contributed by atoms with Crippen LogP contribution in [0.15, 0.2) is 28.7 Å². The fraction of sp³-hybridized carbons (Fsp3) is 0.538. The highest BCUT2D eigenvalue weighted by Gasteiger charge is 2.37. The van der Waals surface area contributed by atoms with Gasteiger partial charge in [-0.25, -0.2) is 0 Å². The fourth-order valence-corrected chi connectivity index (χ4v) is 2.32. The van der Waals surface area contributed by atoms with Crippen LogP contribution in [0.5, 0.6) is 0 Å². The third-order valence-electron chi connectivity index (χ3n) is 3.28. The Kier molecular flexibility index (Phi) is 4.20. The van der Waals surface area contributed by atoms with Crippen molar-refractivity contribution in [3.8, 4) is 0 Å². The van der Waals surface area contributed by atoms with Gasteiger partial charge in [-0.05, 0) is 24.6 Å². The van der Waals surface area contributed by atoms with Crippen LogP contribution in [0.2, 0.25) is 0 Å². The first-order valence-corrected chi connectivity index (χ1v) is 6.62. The molecule has 1 aromatic carbocycles. The van der Waals surface area contributed by atoms with Crippen molar-refractivity contribution >= 4 is 15.9 Å². The fourth-order valence-electron chi connectivity index (χ4n) is 1.90. The smallest absolute Gasteiger partial charge is 0.0579 e. The predicted molar refractivity (Wildman–Crippen MR) is 70.9 cm³/mol. The molecule has 3 nitrogen and oxygen atoms in total. The van der Waals surface area contributed by atoms with E-state index in [1.165, 1.54) is 5.56 Å². The molecular weight excluding hydrogens is 282 g/mol. The average Bonchev–Trinajstić information content (AvgIpc) is 2.28. The number of benzene rings is 1. The highest BCUT2D eigenvalue weighted by molar-refractivity contribution is 9.10. The number of hydrogen-bond donors (Lipinski definition) is 2. The lowest BCUT2D eigenvalue weighted by molar-refractivity contribution is -0.135. The molecule has 0 bridgehead atoms. The second-order valence-electron chi connectivity index (χ2n) is 4.81. The second kappa shape index (κ2) is 5.48. The van der Waals surface area contributed by atoms with Gasteiger partial charge in [0.15, 0.2) is 0 Å². The summed E-state index contributed by atoms with van der Waals surface area (Å²) in [6.07, 6.45) is 0. The molecule has 1 saturated heterocycles. The summed E-state index contributed by atoms with van der Waals surface area (Å²) >= 11 is 3.47. The lowest BCUT2D eigenvalue weighted by atomic mass is 9.86. The minimum atomic E-state index is -0.0692. The minimum absolute atomic E-state index is 0.0692. The van der Waals surface area contributed by atoms with Crippen molar-refractivity contribution in [1.82, 2.24) is 5.32 Å². The van der Waals surface area contributed by atoms with E-state index in [1.807, 2.05) is 12.1 Å². The topological polar surface area (TPSA) is 41.5 Å². The Labute approximate surface area is 110 Å². The normalized spacial score (nSPS) is 19.7. The minimum Gasteiger partial charge on any atom is -0.396 e. The van der Waals surface area contributed by atoms with Crippen LogP contribution < -0.4 is 5.32 Å². The van der Waals surface area contributed by atoms with Crippen molar-refractivity contribution in [3.63, 3.8) is 0 Å². The molecule has 1 aliphatic heterocycles. The van der Waals surface area contributed by atoms with Crippen molar-refractivity contribution < 1.29 is 9.84 Å². The van der Waals surface area contributed by atoms with E-state index in [4.69, 9.17) is 4.74 Å². The molecule has 2 rings (SSSR count). The molecule has 0 aromatic heterocycles. The molecule has 17 heavy (non-hydrogen) atoms. The van der Waals surface area contributed by atoms with Crippen molar-refractivity contribution in [3.05, 3.63) is 34.3 Å². The van der Waals surface area contributed by atoms with Crippen LogP contribution in [-0.4, -0.2) is 31.5 Å². The summed E-state index contributed by atoms with van der Waals surface area (Å²) in [6.45, 7) is 4.41. The molecular formula is C13H18BrNO2. The number of aliphatic hydroxyl groups is 1. The van der Waals surface area contributed by atoms with Crippen molar-refractivity contribution in [2.75, 3.05) is 26.4 Å². The van der Waals surface area contributed by atoms with Crippen LogP contribution in [0.4, 0.5) is 0 Å². The SMILES string of the molecule is CC(NCC1(CO)COC1)c1cccc(Br)c1. The van der Waals surface area contributed by atoms with Gasteiger partial charge in [-0.3, -0.25) is 0 Å². The molecule has 1 aliphatic rings. The maximum Gasteiger partial charge on any atom is 0.0579 e. The zero-order valence-electron chi connectivity index (χ0n) is 9.95. The van der Waals surface area contributed by atoms with Crippen LogP contribution in [0.1, 0.15) is 18.5 Å². The van der Waals surface area contributed by atoms with Gasteiger partial charge < -0.3 is 15.2 Å². The van der Waals surface area contributed by atoms with Gasteiger partial charge >= 0.3 is 0 Å². The maximum absolute atomic E-state index is 9.34. The monoisotopic (exact) mass is 299 g/mol. The number of nitrogens with one attached hydrogen (secondary N) is 1. The lowest BCUT2D eigenvalue weighted by Gasteiger charge is -2.40. The first kappa shape index (κ1) is 13.0. The molecule has 0 aliphatic carbocycles. The highest BCUT2D eigenvalue weighted by Crippen LogP contribution is 2.27. The van der Waals surface area contributed by atoms with E-state index in [0.717, 1.165) is 11.0 Å². The molecule has 1 aromatic rings. The summed E-state index contributed by atoms with van der Waals surface area (Å²) < 4.78 is 6.27. The predicted octanol–water partition coefficient (Wildman–Crippen LogP) is 2.11. The Morgan fingerprint density at radius 1 is 1.53 bits per heavy atom. The van der Waals surface area contributed by atoms with Gasteiger partial charge in [0.1, 0.15) is 0 Å². The Hall–Kier alpha value is -0.420. The third-order valence-corrected chi connectivity index (χ3v) is 3.78. The molecule has 0 spiro atoms. The lowest BCUT2D eigenvalue weighted by Crippen LogP contribution is -2.52. The Morgan fingerprint density at radius 2 is 2.29 bits per heavy atom. The van der Waals surface area contributed by atoms with E-state index in [-0.39, 0.29) is 18.1 Å². The van der Waals surface area contributed by atoms with E-state index in [1.54, 1.807) is 0 Å². The van der Waals surface area contributed by atoms with Gasteiger partial charge in [-0.1, -0.05) is 28.1 Å². The molecule has 0 saturated carbocycles. The Balaban J connectivity index is 1.91. The largest absolute Gasteiger partial charge is 0.396 e. The standard InChI is InChI=1S/C13H18BrNO2/c1-10(11-3-2-4-12(14)5-11)15-6-13(7-16)8-17-9-13/h2-5,10,15-16H,6-9H2,1H3. The van der Waals surface area contributed by atoms with Crippen molar-refractivity contribution in [2.45, 2.75) is 13.0 Å². The Morgan fingerprint density at radius 3 is 2.82 bits per heavy atom. The average molecular weight is 300 g/mol. The summed E-state index contributed by atoms with van der Waals surface area (Å²) in [5.74, 6) is 0. The molecule has 4 heteroatoms. The van der Waals surface area contributed by atoms with Gasteiger partial charge in [-0.2, -0.15) is 0 Å². The third kappa shape index (κ3) is 3.07. The summed E-state index contributed by atoms with van der Waals surface area (Å²) in [5.41, 5.74) is 1.17. The van der Waals surface area contributed by atoms with E-state index in [0.29, 0.717) is 13.2 Å². The van der Waals surface area contributed by atoms with E-state index in [9.17, 15) is 5.11 Å². The van der Waals surface area contributed by atoms with Crippen molar-refractivity contribution in [1.29, 1.82) is 0 Å². The molecule has 0 amide bonds. The first-order valence-electron chi connectivity index (χ1n) is 5.83. The number of hydrogen-bond acceptors (Lipinski definition) is 3. The Bertz CT molecular complexity index is 374. The summed E-state index contributed by atoms with van der Waals surface area (Å²) in [4.78, 5) is 0. The highest BCUT2D eigenvalue weighted by atomic mass is 79.9. The quantitative estimate of drug-likeness (QED) is 0.875. The van der Waals surface area contributed by atoms with Crippen LogP contribution in [0.25, 0.3) is 0 Å².